The van der Waals surface area contributed by atoms with Crippen molar-refractivity contribution in [3.8, 4) is 5.75 Å². The average Bonchev–Trinajstić information content (AvgIpc) is 3.16. The van der Waals surface area contributed by atoms with Gasteiger partial charge < -0.3 is 15.0 Å². The molecule has 4 aliphatic rings. The Kier molecular flexibility index (Phi) is 7.53. The first kappa shape index (κ1) is 24.7. The second-order valence-corrected chi connectivity index (χ2v) is 10.3. The molecule has 1 aromatic heterocycles. The molecular formula is C27H31ClN4O4. The van der Waals surface area contributed by atoms with Crippen molar-refractivity contribution in [2.75, 3.05) is 13.1 Å². The third kappa shape index (κ3) is 5.55. The molecule has 1 unspecified atom stereocenters. The summed E-state index contributed by atoms with van der Waals surface area (Å²) in [5, 5.41) is 6.23. The zero-order chi connectivity index (χ0) is 25.1. The van der Waals surface area contributed by atoms with E-state index in [-0.39, 0.29) is 30.2 Å². The van der Waals surface area contributed by atoms with E-state index >= 15 is 0 Å². The molecule has 3 fully saturated rings. The van der Waals surface area contributed by atoms with Gasteiger partial charge in [0.25, 0.3) is 5.91 Å². The number of amides is 3. The summed E-state index contributed by atoms with van der Waals surface area (Å²) < 4.78 is 6.08. The van der Waals surface area contributed by atoms with Crippen molar-refractivity contribution in [1.29, 1.82) is 0 Å². The van der Waals surface area contributed by atoms with Gasteiger partial charge in [-0.25, -0.2) is 0 Å². The van der Waals surface area contributed by atoms with Gasteiger partial charge in [0.2, 0.25) is 11.8 Å². The van der Waals surface area contributed by atoms with Crippen molar-refractivity contribution < 1.29 is 19.1 Å². The predicted octanol–water partition coefficient (Wildman–Crippen LogP) is 3.58. The number of aromatic nitrogens is 1. The molecule has 6 rings (SSSR count). The van der Waals surface area contributed by atoms with E-state index in [1.165, 1.54) is 19.3 Å². The Hall–Kier alpha value is -2.97. The number of ether oxygens (including phenoxy) is 1. The first-order valence-corrected chi connectivity index (χ1v) is 13.1. The summed E-state index contributed by atoms with van der Waals surface area (Å²) in [6.45, 7) is 2.49. The number of rotatable bonds is 4. The van der Waals surface area contributed by atoms with Gasteiger partial charge in [0.1, 0.15) is 11.8 Å². The van der Waals surface area contributed by atoms with Gasteiger partial charge in [0, 0.05) is 49.4 Å². The van der Waals surface area contributed by atoms with Crippen molar-refractivity contribution in [3.63, 3.8) is 0 Å². The minimum Gasteiger partial charge on any atom is -0.490 e. The average molecular weight is 511 g/mol. The summed E-state index contributed by atoms with van der Waals surface area (Å²) >= 11 is 5.70. The number of nitrogens with zero attached hydrogens (tertiary/aromatic N) is 2. The fourth-order valence-corrected chi connectivity index (χ4v) is 5.24. The van der Waals surface area contributed by atoms with Crippen molar-refractivity contribution in [2.24, 2.45) is 0 Å². The third-order valence-corrected chi connectivity index (χ3v) is 7.52. The van der Waals surface area contributed by atoms with E-state index in [2.05, 4.69) is 15.6 Å². The minimum atomic E-state index is -0.569. The molecule has 3 aliphatic heterocycles. The molecule has 1 aliphatic carbocycles. The number of halogens is 1. The highest BCUT2D eigenvalue weighted by molar-refractivity contribution is 6.30. The number of hydrogen-bond acceptors (Lipinski definition) is 6. The number of fused-ring (bicyclic) bond motifs is 1. The molecule has 0 spiro atoms. The quantitative estimate of drug-likeness (QED) is 0.610. The lowest BCUT2D eigenvalue weighted by atomic mass is 9.98. The number of carbonyl (C=O) groups is 3. The Morgan fingerprint density at radius 1 is 1.00 bits per heavy atom. The Balaban J connectivity index is 0.000000202. The molecule has 2 aromatic rings. The van der Waals surface area contributed by atoms with Crippen LogP contribution in [0.1, 0.15) is 72.5 Å². The molecule has 0 radical (unpaired) electrons. The fraction of sp³-hybridized carbons (Fsp3) is 0.481. The monoisotopic (exact) mass is 510 g/mol. The zero-order valence-electron chi connectivity index (χ0n) is 20.2. The maximum absolute atomic E-state index is 12.6. The molecule has 8 nitrogen and oxygen atoms in total. The van der Waals surface area contributed by atoms with Crippen molar-refractivity contribution >= 4 is 29.3 Å². The molecular weight excluding hydrogens is 480 g/mol. The highest BCUT2D eigenvalue weighted by Gasteiger charge is 2.39. The van der Waals surface area contributed by atoms with Crippen LogP contribution >= 0.6 is 11.6 Å². The van der Waals surface area contributed by atoms with Crippen LogP contribution in [0.2, 0.25) is 5.02 Å². The van der Waals surface area contributed by atoms with E-state index in [1.807, 2.05) is 24.3 Å². The SMILES string of the molecule is Clc1ccc(C2CNC2)nc1.O=C1CCC(N2Cc3cc(OC4CCCCC4)ccc3C2=O)C(=O)N1. The normalized spacial score (nSPS) is 22.3. The molecule has 4 heterocycles. The Labute approximate surface area is 215 Å². The maximum Gasteiger partial charge on any atom is 0.255 e. The van der Waals surface area contributed by atoms with Crippen molar-refractivity contribution in [1.82, 2.24) is 20.5 Å². The van der Waals surface area contributed by atoms with Crippen LogP contribution in [-0.2, 0) is 16.1 Å². The van der Waals surface area contributed by atoms with Gasteiger partial charge in [0.05, 0.1) is 11.1 Å². The van der Waals surface area contributed by atoms with Crippen LogP contribution in [0.15, 0.2) is 36.5 Å². The first-order chi connectivity index (χ1) is 17.5. The van der Waals surface area contributed by atoms with Gasteiger partial charge in [0.15, 0.2) is 0 Å². The van der Waals surface area contributed by atoms with Crippen LogP contribution in [0.5, 0.6) is 5.75 Å². The molecule has 9 heteroatoms. The molecule has 1 saturated carbocycles. The van der Waals surface area contributed by atoms with Gasteiger partial charge in [-0.1, -0.05) is 18.0 Å². The van der Waals surface area contributed by atoms with E-state index in [0.717, 1.165) is 42.9 Å². The zero-order valence-corrected chi connectivity index (χ0v) is 20.9. The number of hydrogen-bond donors (Lipinski definition) is 2. The summed E-state index contributed by atoms with van der Waals surface area (Å²) in [6, 6.07) is 8.88. The van der Waals surface area contributed by atoms with E-state index in [1.54, 1.807) is 17.2 Å². The molecule has 1 atom stereocenters. The topological polar surface area (TPSA) is 101 Å². The maximum atomic E-state index is 12.6. The first-order valence-electron chi connectivity index (χ1n) is 12.7. The van der Waals surface area contributed by atoms with Crippen LogP contribution in [0.25, 0.3) is 0 Å². The summed E-state index contributed by atoms with van der Waals surface area (Å²) in [5.74, 6) is 0.606. The van der Waals surface area contributed by atoms with Gasteiger partial charge in [-0.05, 0) is 68.0 Å². The summed E-state index contributed by atoms with van der Waals surface area (Å²) in [5.41, 5.74) is 2.66. The number of pyridine rings is 1. The molecule has 190 valence electrons. The molecule has 0 bridgehead atoms. The summed E-state index contributed by atoms with van der Waals surface area (Å²) in [6.07, 6.45) is 8.47. The Morgan fingerprint density at radius 3 is 2.47 bits per heavy atom. The lowest BCUT2D eigenvalue weighted by Gasteiger charge is -2.29. The highest BCUT2D eigenvalue weighted by atomic mass is 35.5. The van der Waals surface area contributed by atoms with E-state index in [4.69, 9.17) is 16.3 Å². The number of benzene rings is 1. The Morgan fingerprint density at radius 2 is 1.81 bits per heavy atom. The smallest absolute Gasteiger partial charge is 0.255 e. The van der Waals surface area contributed by atoms with Crippen LogP contribution in [0.3, 0.4) is 0 Å². The Bertz CT molecular complexity index is 1130. The van der Waals surface area contributed by atoms with Gasteiger partial charge in [-0.3, -0.25) is 24.7 Å². The molecule has 1 aromatic carbocycles. The van der Waals surface area contributed by atoms with Gasteiger partial charge in [-0.2, -0.15) is 0 Å². The van der Waals surface area contributed by atoms with Gasteiger partial charge >= 0.3 is 0 Å². The van der Waals surface area contributed by atoms with E-state index in [0.29, 0.717) is 29.5 Å². The van der Waals surface area contributed by atoms with Crippen molar-refractivity contribution in [3.05, 3.63) is 58.4 Å². The molecule has 2 N–H and O–H groups in total. The number of carbonyl (C=O) groups excluding carboxylic acids is 3. The van der Waals surface area contributed by atoms with Crippen LogP contribution < -0.4 is 15.4 Å². The highest BCUT2D eigenvalue weighted by Crippen LogP contribution is 2.31. The molecule has 36 heavy (non-hydrogen) atoms. The number of piperidine rings is 1. The van der Waals surface area contributed by atoms with E-state index < -0.39 is 6.04 Å². The van der Waals surface area contributed by atoms with Crippen molar-refractivity contribution in [2.45, 2.75) is 69.6 Å². The molecule has 2 saturated heterocycles. The standard InChI is InChI=1S/C19H22N2O4.C8H9ClN2/c22-17-9-8-16(18(23)20-17)21-11-12-10-14(6-7-15(12)19(21)24)25-13-4-2-1-3-5-13;9-7-1-2-8(11-5-7)6-3-10-4-6/h6-7,10,13,16H,1-5,8-9,11H2,(H,20,22,23);1-2,5-6,10H,3-4H2. The third-order valence-electron chi connectivity index (χ3n) is 7.30. The lowest BCUT2D eigenvalue weighted by Crippen LogP contribution is -2.52. The number of imide groups is 1. The molecule has 3 amide bonds. The van der Waals surface area contributed by atoms with E-state index in [9.17, 15) is 14.4 Å². The summed E-state index contributed by atoms with van der Waals surface area (Å²) in [7, 11) is 0. The van der Waals surface area contributed by atoms with Gasteiger partial charge in [-0.15, -0.1) is 0 Å². The van der Waals surface area contributed by atoms with Crippen LogP contribution in [-0.4, -0.2) is 52.8 Å². The predicted molar refractivity (Wildman–Crippen MR) is 135 cm³/mol. The fourth-order valence-electron chi connectivity index (χ4n) is 5.13. The van der Waals surface area contributed by atoms with Crippen LogP contribution in [0, 0.1) is 0 Å². The second kappa shape index (κ2) is 11.0. The minimum absolute atomic E-state index is 0.145. The number of nitrogens with one attached hydrogen (secondary N) is 2. The lowest BCUT2D eigenvalue weighted by molar-refractivity contribution is -0.136. The largest absolute Gasteiger partial charge is 0.490 e. The second-order valence-electron chi connectivity index (χ2n) is 9.85. The summed E-state index contributed by atoms with van der Waals surface area (Å²) in [4.78, 5) is 41.8. The van der Waals surface area contributed by atoms with Crippen LogP contribution in [0.4, 0.5) is 0 Å².